The van der Waals surface area contributed by atoms with E-state index in [1.54, 1.807) is 0 Å². The Morgan fingerprint density at radius 1 is 1.29 bits per heavy atom. The number of nitrogens with zero attached hydrogens (tertiary/aromatic N) is 2. The molecule has 0 amide bonds. The Morgan fingerprint density at radius 2 is 2.12 bits per heavy atom. The van der Waals surface area contributed by atoms with Gasteiger partial charge in [-0.2, -0.15) is 0 Å². The van der Waals surface area contributed by atoms with Crippen LogP contribution in [-0.4, -0.2) is 9.38 Å². The average Bonchev–Trinajstić information content (AvgIpc) is 2.83. The fourth-order valence-electron chi connectivity index (χ4n) is 1.76. The molecule has 0 aromatic carbocycles. The second kappa shape index (κ2) is 3.89. The molecule has 3 aromatic heterocycles. The van der Waals surface area contributed by atoms with Crippen LogP contribution in [0.2, 0.25) is 5.15 Å². The Labute approximate surface area is 111 Å². The van der Waals surface area contributed by atoms with E-state index in [2.05, 4.69) is 20.9 Å². The summed E-state index contributed by atoms with van der Waals surface area (Å²) in [6, 6.07) is 7.65. The molecule has 0 N–H and O–H groups in total. The van der Waals surface area contributed by atoms with Gasteiger partial charge in [0.2, 0.25) is 0 Å². The number of halogens is 2. The summed E-state index contributed by atoms with van der Waals surface area (Å²) in [5.41, 5.74) is 2.01. The van der Waals surface area contributed by atoms with E-state index in [1.807, 2.05) is 41.8 Å². The average molecular weight is 312 g/mol. The summed E-state index contributed by atoms with van der Waals surface area (Å²) >= 11 is 9.38. The number of fused-ring (bicyclic) bond motifs is 1. The van der Waals surface area contributed by atoms with Crippen LogP contribution in [0.1, 0.15) is 5.56 Å². The molecule has 5 heteroatoms. The molecule has 0 saturated heterocycles. The van der Waals surface area contributed by atoms with Crippen molar-refractivity contribution in [1.29, 1.82) is 0 Å². The van der Waals surface area contributed by atoms with Crippen LogP contribution in [-0.2, 0) is 0 Å². The zero-order valence-corrected chi connectivity index (χ0v) is 11.3. The number of pyridine rings is 1. The summed E-state index contributed by atoms with van der Waals surface area (Å²) in [4.78, 5) is 4.33. The molecule has 0 fully saturated rings. The maximum atomic E-state index is 6.10. The van der Waals surface area contributed by atoms with Crippen molar-refractivity contribution in [2.24, 2.45) is 0 Å². The zero-order valence-electron chi connectivity index (χ0n) is 8.95. The summed E-state index contributed by atoms with van der Waals surface area (Å²) in [6.45, 7) is 2.02. The number of imidazole rings is 1. The standard InChI is InChI=1S/C12H8BrClN2O/c1-7-2-3-8-11(14)15-12(16(8)6-7)9-4-5-10(13)17-9/h2-6H,1H3. The molecule has 86 valence electrons. The smallest absolute Gasteiger partial charge is 0.182 e. The van der Waals surface area contributed by atoms with Crippen LogP contribution in [0.25, 0.3) is 17.1 Å². The highest BCUT2D eigenvalue weighted by Crippen LogP contribution is 2.28. The highest BCUT2D eigenvalue weighted by atomic mass is 79.9. The second-order valence-corrected chi connectivity index (χ2v) is 4.93. The van der Waals surface area contributed by atoms with Crippen LogP contribution in [0.4, 0.5) is 0 Å². The molecule has 0 bridgehead atoms. The Morgan fingerprint density at radius 3 is 2.82 bits per heavy atom. The molecule has 0 saturated carbocycles. The summed E-state index contributed by atoms with van der Waals surface area (Å²) in [6.07, 6.45) is 1.99. The molecular formula is C12H8BrClN2O. The first kappa shape index (κ1) is 10.9. The van der Waals surface area contributed by atoms with Crippen molar-refractivity contribution in [2.45, 2.75) is 6.92 Å². The maximum Gasteiger partial charge on any atom is 0.182 e. The molecule has 3 rings (SSSR count). The summed E-state index contributed by atoms with van der Waals surface area (Å²) in [7, 11) is 0. The summed E-state index contributed by atoms with van der Waals surface area (Å²) < 4.78 is 8.11. The number of aryl methyl sites for hydroxylation is 1. The first-order valence-electron chi connectivity index (χ1n) is 5.05. The highest BCUT2D eigenvalue weighted by molar-refractivity contribution is 9.10. The van der Waals surface area contributed by atoms with Crippen LogP contribution in [0, 0.1) is 6.92 Å². The first-order chi connectivity index (χ1) is 8.15. The normalized spacial score (nSPS) is 11.2. The molecule has 3 aromatic rings. The molecular weight excluding hydrogens is 304 g/mol. The minimum absolute atomic E-state index is 0.479. The Hall–Kier alpha value is -1.26. The minimum atomic E-state index is 0.479. The van der Waals surface area contributed by atoms with Gasteiger partial charge in [0.1, 0.15) is 0 Å². The van der Waals surface area contributed by atoms with Gasteiger partial charge >= 0.3 is 0 Å². The molecule has 0 atom stereocenters. The summed E-state index contributed by atoms with van der Waals surface area (Å²) in [5, 5.41) is 0.479. The van der Waals surface area contributed by atoms with Crippen LogP contribution < -0.4 is 0 Å². The molecule has 0 unspecified atom stereocenters. The molecule has 17 heavy (non-hydrogen) atoms. The van der Waals surface area contributed by atoms with Crippen LogP contribution >= 0.6 is 27.5 Å². The zero-order chi connectivity index (χ0) is 12.0. The largest absolute Gasteiger partial charge is 0.446 e. The topological polar surface area (TPSA) is 30.4 Å². The second-order valence-electron chi connectivity index (χ2n) is 3.79. The van der Waals surface area contributed by atoms with Crippen molar-refractivity contribution in [1.82, 2.24) is 9.38 Å². The quantitative estimate of drug-likeness (QED) is 0.670. The van der Waals surface area contributed by atoms with Crippen molar-refractivity contribution in [3.63, 3.8) is 0 Å². The number of aromatic nitrogens is 2. The molecule has 3 nitrogen and oxygen atoms in total. The molecule has 3 heterocycles. The van der Waals surface area contributed by atoms with E-state index in [9.17, 15) is 0 Å². The molecule has 0 spiro atoms. The van der Waals surface area contributed by atoms with Gasteiger partial charge in [0.25, 0.3) is 0 Å². The van der Waals surface area contributed by atoms with Gasteiger partial charge in [-0.15, -0.1) is 0 Å². The molecule has 0 aliphatic carbocycles. The number of hydrogen-bond donors (Lipinski definition) is 0. The molecule has 0 radical (unpaired) electrons. The van der Waals surface area contributed by atoms with Gasteiger partial charge in [-0.1, -0.05) is 17.7 Å². The van der Waals surface area contributed by atoms with Gasteiger partial charge in [0.15, 0.2) is 21.4 Å². The monoisotopic (exact) mass is 310 g/mol. The van der Waals surface area contributed by atoms with Crippen molar-refractivity contribution in [2.75, 3.05) is 0 Å². The lowest BCUT2D eigenvalue weighted by molar-refractivity contribution is 0.551. The Bertz CT molecular complexity index is 702. The van der Waals surface area contributed by atoms with Crippen LogP contribution in [0.3, 0.4) is 0 Å². The number of rotatable bonds is 1. The van der Waals surface area contributed by atoms with Gasteiger partial charge in [-0.25, -0.2) is 4.98 Å². The first-order valence-corrected chi connectivity index (χ1v) is 6.22. The van der Waals surface area contributed by atoms with Gasteiger partial charge < -0.3 is 4.42 Å². The van der Waals surface area contributed by atoms with Crippen LogP contribution in [0.15, 0.2) is 39.5 Å². The Kier molecular flexibility index (Phi) is 2.49. The van der Waals surface area contributed by atoms with Crippen molar-refractivity contribution in [3.8, 4) is 11.6 Å². The van der Waals surface area contributed by atoms with Crippen LogP contribution in [0.5, 0.6) is 0 Å². The fourth-order valence-corrected chi connectivity index (χ4v) is 2.30. The van der Waals surface area contributed by atoms with Crippen molar-refractivity contribution < 1.29 is 4.42 Å². The number of hydrogen-bond acceptors (Lipinski definition) is 2. The minimum Gasteiger partial charge on any atom is -0.446 e. The third-order valence-electron chi connectivity index (χ3n) is 2.53. The molecule has 0 aliphatic heterocycles. The Balaban J connectivity index is 2.33. The summed E-state index contributed by atoms with van der Waals surface area (Å²) in [5.74, 6) is 1.39. The maximum absolute atomic E-state index is 6.10. The highest BCUT2D eigenvalue weighted by Gasteiger charge is 2.14. The predicted molar refractivity (Wildman–Crippen MR) is 70.3 cm³/mol. The predicted octanol–water partition coefficient (Wildman–Crippen LogP) is 4.32. The fraction of sp³-hybridized carbons (Fsp3) is 0.0833. The number of furan rings is 1. The van der Waals surface area contributed by atoms with E-state index in [0.29, 0.717) is 21.4 Å². The lowest BCUT2D eigenvalue weighted by atomic mass is 10.3. The lowest BCUT2D eigenvalue weighted by Gasteiger charge is -1.99. The third-order valence-corrected chi connectivity index (χ3v) is 3.24. The van der Waals surface area contributed by atoms with E-state index in [-0.39, 0.29) is 0 Å². The van der Waals surface area contributed by atoms with E-state index in [1.165, 1.54) is 0 Å². The SMILES string of the molecule is Cc1ccc2c(Cl)nc(-c3ccc(Br)o3)n2c1. The van der Waals surface area contributed by atoms with Gasteiger partial charge in [0.05, 0.1) is 5.52 Å². The lowest BCUT2D eigenvalue weighted by Crippen LogP contribution is -1.88. The van der Waals surface area contributed by atoms with Gasteiger partial charge in [-0.3, -0.25) is 4.40 Å². The van der Waals surface area contributed by atoms with E-state index in [0.717, 1.165) is 11.1 Å². The third kappa shape index (κ3) is 1.77. The van der Waals surface area contributed by atoms with Gasteiger partial charge in [0, 0.05) is 6.20 Å². The van der Waals surface area contributed by atoms with Crippen molar-refractivity contribution >= 4 is 33.0 Å². The molecule has 0 aliphatic rings. The van der Waals surface area contributed by atoms with E-state index in [4.69, 9.17) is 16.0 Å². The van der Waals surface area contributed by atoms with E-state index < -0.39 is 0 Å². The van der Waals surface area contributed by atoms with E-state index >= 15 is 0 Å². The van der Waals surface area contributed by atoms with Crippen molar-refractivity contribution in [3.05, 3.63) is 45.8 Å². The van der Waals surface area contributed by atoms with Gasteiger partial charge in [-0.05, 0) is 46.6 Å².